The molecule has 2 aromatic rings. The first-order chi connectivity index (χ1) is 8.24. The fraction of sp³-hybridized carbons (Fsp3) is 0.357. The van der Waals surface area contributed by atoms with Crippen LogP contribution in [0.25, 0.3) is 10.9 Å². The summed E-state index contributed by atoms with van der Waals surface area (Å²) < 4.78 is 0. The molecule has 3 heteroatoms. The van der Waals surface area contributed by atoms with Gasteiger partial charge in [0.05, 0.1) is 0 Å². The molecule has 3 nitrogen and oxygen atoms in total. The summed E-state index contributed by atoms with van der Waals surface area (Å²) in [5.74, 6) is 0.218. The number of carbonyl (C=O) groups is 1. The summed E-state index contributed by atoms with van der Waals surface area (Å²) in [6.45, 7) is 4.09. The highest BCUT2D eigenvalue weighted by molar-refractivity contribution is 5.94. The van der Waals surface area contributed by atoms with E-state index in [9.17, 15) is 4.79 Å². The van der Waals surface area contributed by atoms with E-state index >= 15 is 0 Å². The summed E-state index contributed by atoms with van der Waals surface area (Å²) in [6.07, 6.45) is 3.66. The molecule has 1 aromatic carbocycles. The second-order valence-corrected chi connectivity index (χ2v) is 4.28. The van der Waals surface area contributed by atoms with E-state index in [1.165, 1.54) is 0 Å². The third-order valence-electron chi connectivity index (χ3n) is 3.18. The van der Waals surface area contributed by atoms with E-state index < -0.39 is 0 Å². The van der Waals surface area contributed by atoms with Crippen LogP contribution < -0.4 is 5.32 Å². The van der Waals surface area contributed by atoms with Gasteiger partial charge in [-0.25, -0.2) is 0 Å². The first kappa shape index (κ1) is 11.7. The number of H-pyrrole nitrogens is 1. The van der Waals surface area contributed by atoms with Crippen LogP contribution in [0.2, 0.25) is 0 Å². The van der Waals surface area contributed by atoms with Crippen molar-refractivity contribution in [2.75, 3.05) is 5.32 Å². The molecule has 0 aliphatic carbocycles. The minimum Gasteiger partial charge on any atom is -0.361 e. The van der Waals surface area contributed by atoms with Gasteiger partial charge in [-0.15, -0.1) is 0 Å². The van der Waals surface area contributed by atoms with Crippen molar-refractivity contribution >= 4 is 22.5 Å². The number of carbonyl (C=O) groups excluding carboxylic acids is 1. The molecule has 1 amide bonds. The van der Waals surface area contributed by atoms with Crippen LogP contribution in [0.3, 0.4) is 0 Å². The molecule has 2 N–H and O–H groups in total. The number of fused-ring (bicyclic) bond motifs is 1. The van der Waals surface area contributed by atoms with Gasteiger partial charge in [-0.05, 0) is 36.4 Å². The van der Waals surface area contributed by atoms with Crippen molar-refractivity contribution in [3.8, 4) is 0 Å². The van der Waals surface area contributed by atoms with Crippen LogP contribution in [-0.2, 0) is 4.79 Å². The number of rotatable bonds is 4. The van der Waals surface area contributed by atoms with E-state index in [1.54, 1.807) is 0 Å². The lowest BCUT2D eigenvalue weighted by Crippen LogP contribution is -2.21. The van der Waals surface area contributed by atoms with Crippen LogP contribution in [0.5, 0.6) is 0 Å². The third kappa shape index (κ3) is 2.49. The van der Waals surface area contributed by atoms with Gasteiger partial charge in [0.2, 0.25) is 5.91 Å². The number of aromatic amines is 1. The Morgan fingerprint density at radius 3 is 2.76 bits per heavy atom. The zero-order chi connectivity index (χ0) is 12.3. The molecule has 2 rings (SSSR count). The van der Waals surface area contributed by atoms with Crippen molar-refractivity contribution < 1.29 is 4.79 Å². The number of anilines is 1. The number of nitrogens with one attached hydrogen (secondary N) is 2. The van der Waals surface area contributed by atoms with Gasteiger partial charge >= 0.3 is 0 Å². The molecule has 0 fully saturated rings. The standard InChI is InChI=1S/C14H18N2O/c1-3-10(4-2)14(17)16-12-6-5-11-7-8-15-13(11)9-12/h5-10,15H,3-4H2,1-2H3,(H,16,17). The Balaban J connectivity index is 2.14. The zero-order valence-electron chi connectivity index (χ0n) is 10.3. The molecule has 1 aromatic heterocycles. The lowest BCUT2D eigenvalue weighted by atomic mass is 10.0. The SMILES string of the molecule is CCC(CC)C(=O)Nc1ccc2cc[nH]c2c1. The van der Waals surface area contributed by atoms with Crippen molar-refractivity contribution in [2.24, 2.45) is 5.92 Å². The van der Waals surface area contributed by atoms with Crippen molar-refractivity contribution in [3.63, 3.8) is 0 Å². The first-order valence-electron chi connectivity index (χ1n) is 6.12. The first-order valence-corrected chi connectivity index (χ1v) is 6.12. The summed E-state index contributed by atoms with van der Waals surface area (Å²) in [5.41, 5.74) is 1.91. The minimum absolute atomic E-state index is 0.106. The maximum atomic E-state index is 11.9. The van der Waals surface area contributed by atoms with Gasteiger partial charge < -0.3 is 10.3 Å². The fourth-order valence-electron chi connectivity index (χ4n) is 2.03. The van der Waals surface area contributed by atoms with Gasteiger partial charge in [0.15, 0.2) is 0 Å². The second kappa shape index (κ2) is 5.04. The Labute approximate surface area is 101 Å². The van der Waals surface area contributed by atoms with Crippen molar-refractivity contribution in [1.29, 1.82) is 0 Å². The van der Waals surface area contributed by atoms with E-state index in [0.717, 1.165) is 29.4 Å². The van der Waals surface area contributed by atoms with E-state index in [0.29, 0.717) is 0 Å². The van der Waals surface area contributed by atoms with Gasteiger partial charge in [0.1, 0.15) is 0 Å². The van der Waals surface area contributed by atoms with Crippen molar-refractivity contribution in [1.82, 2.24) is 4.98 Å². The van der Waals surface area contributed by atoms with Crippen LogP contribution in [0, 0.1) is 5.92 Å². The van der Waals surface area contributed by atoms with Crippen LogP contribution >= 0.6 is 0 Å². The Bertz CT molecular complexity index is 512. The largest absolute Gasteiger partial charge is 0.361 e. The van der Waals surface area contributed by atoms with Crippen LogP contribution in [0.15, 0.2) is 30.5 Å². The third-order valence-corrected chi connectivity index (χ3v) is 3.18. The van der Waals surface area contributed by atoms with E-state index in [2.05, 4.69) is 10.3 Å². The predicted octanol–water partition coefficient (Wildman–Crippen LogP) is 3.54. The Kier molecular flexibility index (Phi) is 3.47. The normalized spacial score (nSPS) is 11.0. The van der Waals surface area contributed by atoms with Gasteiger partial charge in [-0.3, -0.25) is 4.79 Å². The Morgan fingerprint density at radius 2 is 2.06 bits per heavy atom. The molecule has 0 saturated heterocycles. The lowest BCUT2D eigenvalue weighted by Gasteiger charge is -2.12. The zero-order valence-corrected chi connectivity index (χ0v) is 10.3. The molecule has 0 atom stereocenters. The molecule has 1 heterocycles. The minimum atomic E-state index is 0.106. The van der Waals surface area contributed by atoms with Gasteiger partial charge in [0.25, 0.3) is 0 Å². The van der Waals surface area contributed by atoms with Gasteiger partial charge in [-0.2, -0.15) is 0 Å². The Morgan fingerprint density at radius 1 is 1.29 bits per heavy atom. The van der Waals surface area contributed by atoms with E-state index in [4.69, 9.17) is 0 Å². The summed E-state index contributed by atoms with van der Waals surface area (Å²) in [5, 5.41) is 4.12. The smallest absolute Gasteiger partial charge is 0.227 e. The number of amides is 1. The Hall–Kier alpha value is -1.77. The average molecular weight is 230 g/mol. The number of hydrogen-bond donors (Lipinski definition) is 2. The van der Waals surface area contributed by atoms with Crippen LogP contribution in [-0.4, -0.2) is 10.9 Å². The second-order valence-electron chi connectivity index (χ2n) is 4.28. The molecule has 90 valence electrons. The molecule has 0 bridgehead atoms. The van der Waals surface area contributed by atoms with Crippen LogP contribution in [0.4, 0.5) is 5.69 Å². The average Bonchev–Trinajstić information content (AvgIpc) is 2.77. The monoisotopic (exact) mass is 230 g/mol. The number of hydrogen-bond acceptors (Lipinski definition) is 1. The molecule has 0 radical (unpaired) electrons. The van der Waals surface area contributed by atoms with E-state index in [1.807, 2.05) is 44.3 Å². The molecule has 0 aliphatic heterocycles. The number of benzene rings is 1. The molecule has 0 spiro atoms. The predicted molar refractivity (Wildman–Crippen MR) is 71.0 cm³/mol. The molecule has 0 saturated carbocycles. The van der Waals surface area contributed by atoms with E-state index in [-0.39, 0.29) is 11.8 Å². The van der Waals surface area contributed by atoms with Gasteiger partial charge in [0, 0.05) is 23.3 Å². The molecular weight excluding hydrogens is 212 g/mol. The fourth-order valence-corrected chi connectivity index (χ4v) is 2.03. The van der Waals surface area contributed by atoms with Gasteiger partial charge in [-0.1, -0.05) is 19.9 Å². The quantitative estimate of drug-likeness (QED) is 0.829. The maximum Gasteiger partial charge on any atom is 0.227 e. The molecule has 17 heavy (non-hydrogen) atoms. The summed E-state index contributed by atoms with van der Waals surface area (Å²) in [7, 11) is 0. The summed E-state index contributed by atoms with van der Waals surface area (Å²) in [6, 6.07) is 7.93. The van der Waals surface area contributed by atoms with Crippen molar-refractivity contribution in [2.45, 2.75) is 26.7 Å². The summed E-state index contributed by atoms with van der Waals surface area (Å²) >= 11 is 0. The topological polar surface area (TPSA) is 44.9 Å². The van der Waals surface area contributed by atoms with Crippen LogP contribution in [0.1, 0.15) is 26.7 Å². The maximum absolute atomic E-state index is 11.9. The molecule has 0 aliphatic rings. The lowest BCUT2D eigenvalue weighted by molar-refractivity contribution is -0.120. The molecular formula is C14H18N2O. The van der Waals surface area contributed by atoms with Crippen molar-refractivity contribution in [3.05, 3.63) is 30.5 Å². The number of aromatic nitrogens is 1. The highest BCUT2D eigenvalue weighted by atomic mass is 16.1. The highest BCUT2D eigenvalue weighted by Crippen LogP contribution is 2.19. The summed E-state index contributed by atoms with van der Waals surface area (Å²) in [4.78, 5) is 15.1. The highest BCUT2D eigenvalue weighted by Gasteiger charge is 2.14. The molecule has 0 unspecified atom stereocenters.